The fraction of sp³-hybridized carbons (Fsp3) is 0.533. The molecule has 0 aliphatic carbocycles. The maximum atomic E-state index is 11.2. The summed E-state index contributed by atoms with van der Waals surface area (Å²) in [7, 11) is 0. The molecule has 20 heavy (non-hydrogen) atoms. The van der Waals surface area contributed by atoms with E-state index in [1.165, 1.54) is 0 Å². The van der Waals surface area contributed by atoms with Crippen LogP contribution in [0.2, 0.25) is 5.02 Å². The highest BCUT2D eigenvalue weighted by molar-refractivity contribution is 6.33. The number of para-hydroxylation sites is 1. The van der Waals surface area contributed by atoms with E-state index in [1.807, 2.05) is 18.2 Å². The van der Waals surface area contributed by atoms with Crippen LogP contribution < -0.4 is 4.90 Å². The van der Waals surface area contributed by atoms with Crippen LogP contribution in [0.5, 0.6) is 0 Å². The second-order valence-corrected chi connectivity index (χ2v) is 5.74. The highest BCUT2D eigenvalue weighted by Crippen LogP contribution is 2.32. The minimum Gasteiger partial charge on any atom is -0.379 e. The molecule has 0 radical (unpaired) electrons. The predicted octanol–water partition coefficient (Wildman–Crippen LogP) is 2.06. The summed E-state index contributed by atoms with van der Waals surface area (Å²) in [6.07, 6.45) is 2.01. The molecular formula is C15H19ClN2O2. The zero-order chi connectivity index (χ0) is 13.9. The average Bonchev–Trinajstić information content (AvgIpc) is 2.97. The van der Waals surface area contributed by atoms with Gasteiger partial charge in [0.1, 0.15) is 0 Å². The van der Waals surface area contributed by atoms with Gasteiger partial charge in [0.15, 0.2) is 6.29 Å². The molecule has 2 aliphatic heterocycles. The van der Waals surface area contributed by atoms with Gasteiger partial charge < -0.3 is 9.64 Å². The molecule has 2 heterocycles. The zero-order valence-corrected chi connectivity index (χ0v) is 12.2. The summed E-state index contributed by atoms with van der Waals surface area (Å²) in [5, 5.41) is 0.664. The Labute approximate surface area is 124 Å². The first-order valence-corrected chi connectivity index (χ1v) is 7.48. The number of morpholine rings is 1. The van der Waals surface area contributed by atoms with Crippen LogP contribution in [0, 0.1) is 0 Å². The number of ether oxygens (including phenoxy) is 1. The number of carbonyl (C=O) groups excluding carboxylic acids is 1. The Morgan fingerprint density at radius 1 is 1.25 bits per heavy atom. The summed E-state index contributed by atoms with van der Waals surface area (Å²) in [4.78, 5) is 15.9. The molecule has 1 atom stereocenters. The van der Waals surface area contributed by atoms with Gasteiger partial charge in [0.25, 0.3) is 0 Å². The van der Waals surface area contributed by atoms with Crippen molar-refractivity contribution >= 4 is 23.6 Å². The number of carbonyl (C=O) groups is 1. The van der Waals surface area contributed by atoms with Crippen molar-refractivity contribution in [3.05, 3.63) is 28.8 Å². The van der Waals surface area contributed by atoms with Gasteiger partial charge in [-0.1, -0.05) is 17.7 Å². The molecule has 1 aromatic carbocycles. The molecule has 2 fully saturated rings. The van der Waals surface area contributed by atoms with Crippen LogP contribution in [0.3, 0.4) is 0 Å². The molecule has 2 aliphatic rings. The lowest BCUT2D eigenvalue weighted by molar-refractivity contribution is 0.0209. The van der Waals surface area contributed by atoms with Crippen molar-refractivity contribution in [2.75, 3.05) is 44.3 Å². The largest absolute Gasteiger partial charge is 0.379 e. The van der Waals surface area contributed by atoms with Gasteiger partial charge in [-0.2, -0.15) is 0 Å². The molecule has 1 aromatic rings. The number of aldehydes is 1. The number of anilines is 1. The van der Waals surface area contributed by atoms with Gasteiger partial charge in [0.05, 0.1) is 23.9 Å². The van der Waals surface area contributed by atoms with Crippen LogP contribution in [-0.2, 0) is 4.74 Å². The Bertz CT molecular complexity index is 489. The Hall–Kier alpha value is -1.10. The van der Waals surface area contributed by atoms with Crippen molar-refractivity contribution in [1.82, 2.24) is 4.90 Å². The number of hydrogen-bond donors (Lipinski definition) is 0. The van der Waals surface area contributed by atoms with Gasteiger partial charge in [0, 0.05) is 37.8 Å². The molecule has 5 heteroatoms. The minimum atomic E-state index is 0.537. The van der Waals surface area contributed by atoms with Crippen LogP contribution in [0.4, 0.5) is 5.69 Å². The maximum Gasteiger partial charge on any atom is 0.152 e. The first-order chi connectivity index (χ1) is 9.79. The second kappa shape index (κ2) is 6.12. The summed E-state index contributed by atoms with van der Waals surface area (Å²) in [5.74, 6) is 0. The lowest BCUT2D eigenvalue weighted by Crippen LogP contribution is -2.44. The molecule has 2 saturated heterocycles. The van der Waals surface area contributed by atoms with E-state index in [0.29, 0.717) is 16.6 Å². The molecule has 0 aromatic heterocycles. The zero-order valence-electron chi connectivity index (χ0n) is 11.4. The van der Waals surface area contributed by atoms with Gasteiger partial charge in [-0.05, 0) is 18.6 Å². The van der Waals surface area contributed by atoms with Crippen LogP contribution in [0.25, 0.3) is 0 Å². The molecule has 0 amide bonds. The maximum absolute atomic E-state index is 11.2. The highest BCUT2D eigenvalue weighted by Gasteiger charge is 2.30. The Balaban J connectivity index is 1.75. The predicted molar refractivity (Wildman–Crippen MR) is 79.8 cm³/mol. The molecule has 0 N–H and O–H groups in total. The van der Waals surface area contributed by atoms with E-state index >= 15 is 0 Å². The van der Waals surface area contributed by atoms with Gasteiger partial charge in [-0.3, -0.25) is 9.69 Å². The molecule has 1 unspecified atom stereocenters. The molecule has 108 valence electrons. The third-order valence-electron chi connectivity index (χ3n) is 4.19. The Morgan fingerprint density at radius 2 is 2.05 bits per heavy atom. The number of hydrogen-bond acceptors (Lipinski definition) is 4. The first kappa shape index (κ1) is 13.9. The van der Waals surface area contributed by atoms with E-state index in [4.69, 9.17) is 16.3 Å². The van der Waals surface area contributed by atoms with Crippen molar-refractivity contribution < 1.29 is 9.53 Å². The average molecular weight is 295 g/mol. The molecule has 0 saturated carbocycles. The molecule has 3 rings (SSSR count). The number of nitrogens with zero attached hydrogens (tertiary/aromatic N) is 2. The standard InChI is InChI=1S/C15H19ClN2O2/c16-14-3-1-2-12(11-19)15(14)18-5-4-13(10-18)17-6-8-20-9-7-17/h1-3,11,13H,4-10H2. The van der Waals surface area contributed by atoms with E-state index in [-0.39, 0.29) is 0 Å². The molecule has 0 spiro atoms. The summed E-state index contributed by atoms with van der Waals surface area (Å²) in [6, 6.07) is 6.04. The number of benzene rings is 1. The van der Waals surface area contributed by atoms with E-state index in [9.17, 15) is 4.79 Å². The van der Waals surface area contributed by atoms with Gasteiger partial charge in [-0.25, -0.2) is 0 Å². The second-order valence-electron chi connectivity index (χ2n) is 5.33. The van der Waals surface area contributed by atoms with Crippen molar-refractivity contribution in [3.63, 3.8) is 0 Å². The Kier molecular flexibility index (Phi) is 4.24. The molecular weight excluding hydrogens is 276 g/mol. The van der Waals surface area contributed by atoms with E-state index < -0.39 is 0 Å². The van der Waals surface area contributed by atoms with Crippen LogP contribution in [0.15, 0.2) is 18.2 Å². The van der Waals surface area contributed by atoms with Gasteiger partial charge in [-0.15, -0.1) is 0 Å². The SMILES string of the molecule is O=Cc1cccc(Cl)c1N1CCC(N2CCOCC2)C1. The van der Waals surface area contributed by atoms with E-state index in [2.05, 4.69) is 9.80 Å². The number of halogens is 1. The van der Waals surface area contributed by atoms with Crippen molar-refractivity contribution in [1.29, 1.82) is 0 Å². The molecule has 4 nitrogen and oxygen atoms in total. The quantitative estimate of drug-likeness (QED) is 0.799. The highest BCUT2D eigenvalue weighted by atomic mass is 35.5. The molecule has 0 bridgehead atoms. The fourth-order valence-electron chi connectivity index (χ4n) is 3.15. The first-order valence-electron chi connectivity index (χ1n) is 7.10. The van der Waals surface area contributed by atoms with E-state index in [0.717, 1.165) is 57.8 Å². The topological polar surface area (TPSA) is 32.8 Å². The fourth-order valence-corrected chi connectivity index (χ4v) is 3.45. The summed E-state index contributed by atoms with van der Waals surface area (Å²) >= 11 is 6.29. The summed E-state index contributed by atoms with van der Waals surface area (Å²) < 4.78 is 5.40. The van der Waals surface area contributed by atoms with Gasteiger partial charge in [0.2, 0.25) is 0 Å². The number of rotatable bonds is 3. The normalized spacial score (nSPS) is 24.1. The third-order valence-corrected chi connectivity index (χ3v) is 4.49. The lowest BCUT2D eigenvalue weighted by Gasteiger charge is -2.32. The lowest BCUT2D eigenvalue weighted by atomic mass is 10.2. The summed E-state index contributed by atoms with van der Waals surface area (Å²) in [6.45, 7) is 5.53. The Morgan fingerprint density at radius 3 is 2.80 bits per heavy atom. The third kappa shape index (κ3) is 2.68. The van der Waals surface area contributed by atoms with Crippen molar-refractivity contribution in [2.45, 2.75) is 12.5 Å². The van der Waals surface area contributed by atoms with Crippen LogP contribution >= 0.6 is 11.6 Å². The van der Waals surface area contributed by atoms with Crippen molar-refractivity contribution in [3.8, 4) is 0 Å². The monoisotopic (exact) mass is 294 g/mol. The van der Waals surface area contributed by atoms with Crippen LogP contribution in [-0.4, -0.2) is 56.6 Å². The van der Waals surface area contributed by atoms with Crippen molar-refractivity contribution in [2.24, 2.45) is 0 Å². The van der Waals surface area contributed by atoms with Gasteiger partial charge >= 0.3 is 0 Å². The summed E-state index contributed by atoms with van der Waals surface area (Å²) in [5.41, 5.74) is 1.57. The smallest absolute Gasteiger partial charge is 0.152 e. The van der Waals surface area contributed by atoms with E-state index in [1.54, 1.807) is 0 Å². The van der Waals surface area contributed by atoms with Crippen LogP contribution in [0.1, 0.15) is 16.8 Å². The minimum absolute atomic E-state index is 0.537.